The van der Waals surface area contributed by atoms with E-state index in [-0.39, 0.29) is 18.5 Å². The predicted octanol–water partition coefficient (Wildman–Crippen LogP) is 18.4. The number of aliphatic hydroxyl groups is 2. The molecule has 2 unspecified atom stereocenters. The Balaban J connectivity index is 3.48. The molecule has 0 saturated carbocycles. The lowest BCUT2D eigenvalue weighted by molar-refractivity contribution is -0.143. The van der Waals surface area contributed by atoms with Gasteiger partial charge in [-0.2, -0.15) is 0 Å². The van der Waals surface area contributed by atoms with Gasteiger partial charge in [0.2, 0.25) is 5.91 Å². The summed E-state index contributed by atoms with van der Waals surface area (Å²) in [5.41, 5.74) is 0. The molecule has 0 fully saturated rings. The van der Waals surface area contributed by atoms with E-state index in [1.807, 2.05) is 6.08 Å². The average Bonchev–Trinajstić information content (AvgIpc) is 3.33. The van der Waals surface area contributed by atoms with Crippen LogP contribution in [0.15, 0.2) is 36.5 Å². The average molecular weight is 943 g/mol. The number of carbonyl (C=O) groups excluding carboxylic acids is 2. The van der Waals surface area contributed by atoms with Crippen LogP contribution in [0.4, 0.5) is 0 Å². The van der Waals surface area contributed by atoms with Crippen LogP contribution in [0.25, 0.3) is 0 Å². The molecule has 0 radical (unpaired) electrons. The van der Waals surface area contributed by atoms with Gasteiger partial charge in [-0.15, -0.1) is 0 Å². The molecule has 1 amide bonds. The summed E-state index contributed by atoms with van der Waals surface area (Å²) in [5.74, 6) is -0.106. The van der Waals surface area contributed by atoms with E-state index in [4.69, 9.17) is 4.74 Å². The summed E-state index contributed by atoms with van der Waals surface area (Å²) in [7, 11) is 0. The zero-order chi connectivity index (χ0) is 48.6. The first-order chi connectivity index (χ1) is 33.0. The zero-order valence-electron chi connectivity index (χ0n) is 44.9. The maximum atomic E-state index is 12.5. The third-order valence-corrected chi connectivity index (χ3v) is 13.7. The number of amides is 1. The number of hydrogen-bond acceptors (Lipinski definition) is 5. The molecule has 2 atom stereocenters. The van der Waals surface area contributed by atoms with Gasteiger partial charge in [-0.1, -0.05) is 288 Å². The molecule has 0 aliphatic rings. The van der Waals surface area contributed by atoms with Crippen LogP contribution in [0, 0.1) is 0 Å². The lowest BCUT2D eigenvalue weighted by Crippen LogP contribution is -2.45. The molecule has 0 aromatic rings. The summed E-state index contributed by atoms with van der Waals surface area (Å²) in [6.07, 6.45) is 70.4. The van der Waals surface area contributed by atoms with Crippen molar-refractivity contribution in [3.63, 3.8) is 0 Å². The number of rotatable bonds is 55. The number of nitrogens with one attached hydrogen (secondary N) is 1. The fourth-order valence-corrected chi connectivity index (χ4v) is 9.12. The molecule has 394 valence electrons. The quantitative estimate of drug-likeness (QED) is 0.0321. The second-order valence-electron chi connectivity index (χ2n) is 20.3. The number of esters is 1. The molecule has 0 bridgehead atoms. The van der Waals surface area contributed by atoms with Crippen molar-refractivity contribution in [2.75, 3.05) is 13.2 Å². The largest absolute Gasteiger partial charge is 0.465 e. The first kappa shape index (κ1) is 65.1. The van der Waals surface area contributed by atoms with E-state index < -0.39 is 12.1 Å². The Kier molecular flexibility index (Phi) is 55.0. The van der Waals surface area contributed by atoms with E-state index in [9.17, 15) is 19.8 Å². The molecule has 6 nitrogen and oxygen atoms in total. The second kappa shape index (κ2) is 56.7. The van der Waals surface area contributed by atoms with Crippen LogP contribution in [0.1, 0.15) is 316 Å². The third-order valence-electron chi connectivity index (χ3n) is 13.7. The topological polar surface area (TPSA) is 95.9 Å². The van der Waals surface area contributed by atoms with E-state index in [1.54, 1.807) is 6.08 Å². The maximum absolute atomic E-state index is 12.5. The summed E-state index contributed by atoms with van der Waals surface area (Å²) in [6.45, 7) is 4.81. The fourth-order valence-electron chi connectivity index (χ4n) is 9.12. The number of ether oxygens (including phenoxy) is 1. The van der Waals surface area contributed by atoms with E-state index in [2.05, 4.69) is 43.5 Å². The highest BCUT2D eigenvalue weighted by Gasteiger charge is 2.18. The molecule has 6 heteroatoms. The molecular weight excluding hydrogens is 827 g/mol. The van der Waals surface area contributed by atoms with E-state index in [1.165, 1.54) is 238 Å². The summed E-state index contributed by atoms with van der Waals surface area (Å²) in [5, 5.41) is 23.1. The first-order valence-corrected chi connectivity index (χ1v) is 29.8. The van der Waals surface area contributed by atoms with Crippen molar-refractivity contribution >= 4 is 11.9 Å². The molecule has 0 heterocycles. The van der Waals surface area contributed by atoms with Gasteiger partial charge in [0.15, 0.2) is 0 Å². The second-order valence-corrected chi connectivity index (χ2v) is 20.3. The third kappa shape index (κ3) is 53.3. The van der Waals surface area contributed by atoms with Gasteiger partial charge in [0.1, 0.15) is 0 Å². The normalized spacial score (nSPS) is 12.8. The van der Waals surface area contributed by atoms with Crippen molar-refractivity contribution in [1.29, 1.82) is 0 Å². The first-order valence-electron chi connectivity index (χ1n) is 29.8. The Labute approximate surface area is 417 Å². The number of hydrogen-bond donors (Lipinski definition) is 3. The van der Waals surface area contributed by atoms with Crippen LogP contribution in [-0.2, 0) is 14.3 Å². The van der Waals surface area contributed by atoms with Gasteiger partial charge in [0, 0.05) is 12.8 Å². The van der Waals surface area contributed by atoms with Crippen LogP contribution < -0.4 is 5.32 Å². The van der Waals surface area contributed by atoms with E-state index in [0.717, 1.165) is 51.4 Å². The molecule has 0 aromatic carbocycles. The van der Waals surface area contributed by atoms with Crippen LogP contribution >= 0.6 is 0 Å². The van der Waals surface area contributed by atoms with Crippen LogP contribution in [-0.4, -0.2) is 47.4 Å². The maximum Gasteiger partial charge on any atom is 0.305 e. The molecule has 0 saturated heterocycles. The molecular formula is C61H115NO5. The van der Waals surface area contributed by atoms with Crippen LogP contribution in [0.2, 0.25) is 0 Å². The Morgan fingerprint density at radius 1 is 0.418 bits per heavy atom. The Hall–Kier alpha value is -1.92. The molecule has 0 aliphatic heterocycles. The number of carbonyl (C=O) groups is 2. The van der Waals surface area contributed by atoms with Gasteiger partial charge in [-0.3, -0.25) is 9.59 Å². The number of aliphatic hydroxyl groups excluding tert-OH is 2. The minimum atomic E-state index is -0.848. The van der Waals surface area contributed by atoms with E-state index in [0.29, 0.717) is 19.4 Å². The number of unbranched alkanes of at least 4 members (excludes halogenated alkanes) is 40. The highest BCUT2D eigenvalue weighted by Crippen LogP contribution is 2.17. The summed E-state index contributed by atoms with van der Waals surface area (Å²) < 4.78 is 5.41. The van der Waals surface area contributed by atoms with Gasteiger partial charge in [-0.05, 0) is 51.4 Å². The van der Waals surface area contributed by atoms with Crippen molar-refractivity contribution < 1.29 is 24.5 Å². The molecule has 0 aliphatic carbocycles. The van der Waals surface area contributed by atoms with Crippen molar-refractivity contribution in [3.05, 3.63) is 36.5 Å². The lowest BCUT2D eigenvalue weighted by Gasteiger charge is -2.20. The molecule has 67 heavy (non-hydrogen) atoms. The summed E-state index contributed by atoms with van der Waals surface area (Å²) >= 11 is 0. The van der Waals surface area contributed by atoms with Gasteiger partial charge in [0.25, 0.3) is 0 Å². The highest BCUT2D eigenvalue weighted by molar-refractivity contribution is 5.76. The molecule has 0 spiro atoms. The zero-order valence-corrected chi connectivity index (χ0v) is 44.9. The van der Waals surface area contributed by atoms with E-state index >= 15 is 0 Å². The van der Waals surface area contributed by atoms with Gasteiger partial charge in [0.05, 0.1) is 25.4 Å². The van der Waals surface area contributed by atoms with Gasteiger partial charge >= 0.3 is 5.97 Å². The minimum absolute atomic E-state index is 0.0344. The Morgan fingerprint density at radius 2 is 0.746 bits per heavy atom. The van der Waals surface area contributed by atoms with Gasteiger partial charge < -0.3 is 20.3 Å². The molecule has 0 aromatic heterocycles. The summed E-state index contributed by atoms with van der Waals surface area (Å²) in [4.78, 5) is 24.5. The van der Waals surface area contributed by atoms with Crippen LogP contribution in [0.5, 0.6) is 0 Å². The van der Waals surface area contributed by atoms with Gasteiger partial charge in [-0.25, -0.2) is 0 Å². The monoisotopic (exact) mass is 942 g/mol. The summed E-state index contributed by atoms with van der Waals surface area (Å²) in [6, 6.07) is -0.632. The van der Waals surface area contributed by atoms with Crippen LogP contribution in [0.3, 0.4) is 0 Å². The Morgan fingerprint density at radius 3 is 1.13 bits per heavy atom. The van der Waals surface area contributed by atoms with Crippen molar-refractivity contribution in [2.45, 2.75) is 328 Å². The highest BCUT2D eigenvalue weighted by atomic mass is 16.5. The van der Waals surface area contributed by atoms with Crippen molar-refractivity contribution in [1.82, 2.24) is 5.32 Å². The Bertz CT molecular complexity index is 1090. The number of allylic oxidation sites excluding steroid dienone is 4. The fraction of sp³-hybridized carbons (Fsp3) is 0.869. The minimum Gasteiger partial charge on any atom is -0.465 e. The molecule has 0 rings (SSSR count). The smallest absolute Gasteiger partial charge is 0.305 e. The van der Waals surface area contributed by atoms with Crippen molar-refractivity contribution in [3.8, 4) is 0 Å². The van der Waals surface area contributed by atoms with Crippen molar-refractivity contribution in [2.24, 2.45) is 0 Å². The standard InChI is InChI=1S/C61H115NO5/c1-3-5-7-9-11-13-15-17-18-26-30-33-37-41-45-49-53-59(64)58(57-63)62-60(65)54-50-46-42-38-34-31-27-24-22-20-19-21-23-25-28-32-36-40-44-48-52-56-67-61(66)55-51-47-43-39-35-29-16-14-12-10-8-6-4-2/h32,36,44,48-49,53,58-59,63-64H,3-31,33-35,37-43,45-47,50-52,54-57H2,1-2H3,(H,62,65)/b36-32-,48-44-,53-49+. The lowest BCUT2D eigenvalue weighted by atomic mass is 10.0. The molecule has 3 N–H and O–H groups in total. The SMILES string of the molecule is CCCCCCCCCCCCCCCC/C=C/C(O)C(CO)NC(=O)CCCCCCCCCCCCCCCC/C=C\C/C=C\CCOC(=O)CCCCCCCCCCCCCCC. The predicted molar refractivity (Wildman–Crippen MR) is 292 cm³/mol.